The number of hydrogen-bond donors (Lipinski definition) is 2. The van der Waals surface area contributed by atoms with Crippen molar-refractivity contribution >= 4 is 0 Å². The van der Waals surface area contributed by atoms with Crippen LogP contribution in [-0.2, 0) is 49.2 Å². The molecule has 2 nitrogen and oxygen atoms in total. The van der Waals surface area contributed by atoms with Crippen molar-refractivity contribution in [3.63, 3.8) is 0 Å². The fourth-order valence-corrected chi connectivity index (χ4v) is 0. The first kappa shape index (κ1) is 16.1. The maximum absolute atomic E-state index is 7.06. The van der Waals surface area contributed by atoms with E-state index in [0.29, 0.717) is 0 Å². The van der Waals surface area contributed by atoms with Crippen LogP contribution in [0.3, 0.4) is 0 Å². The van der Waals surface area contributed by atoms with Gasteiger partial charge in [-0.2, -0.15) is 0 Å². The summed E-state index contributed by atoms with van der Waals surface area (Å²) < 4.78 is 14.1. The van der Waals surface area contributed by atoms with Crippen LogP contribution in [0.5, 0.6) is 0 Å². The molecule has 0 aromatic carbocycles. The summed E-state index contributed by atoms with van der Waals surface area (Å²) in [4.78, 5) is 0. The van der Waals surface area contributed by atoms with E-state index in [2.05, 4.69) is 0 Å². The topological polar surface area (TPSA) is 40.5 Å². The second-order valence-electron chi connectivity index (χ2n) is 0.0632. The van der Waals surface area contributed by atoms with Crippen LogP contribution in [0.25, 0.3) is 0 Å². The van der Waals surface area contributed by atoms with E-state index in [1.165, 1.54) is 0 Å². The molecule has 0 bridgehead atoms. The van der Waals surface area contributed by atoms with E-state index in [9.17, 15) is 0 Å². The van der Waals surface area contributed by atoms with Gasteiger partial charge in [0.2, 0.25) is 0 Å². The minimum atomic E-state index is -0.375. The van der Waals surface area contributed by atoms with Crippen LogP contribution in [0.4, 0.5) is 0 Å². The standard InChI is InChI=1S/Fe.Mn.Ni.2H2O/h;;;2*1H2/q;;+2;;/p-2. The van der Waals surface area contributed by atoms with Crippen LogP contribution in [0.15, 0.2) is 0 Å². The molecule has 0 rings (SSSR count). The predicted molar refractivity (Wildman–Crippen MR) is 4.44 cm³/mol. The Bertz CT molecular complexity index is 9.61. The molecule has 0 aromatic heterocycles. The van der Waals surface area contributed by atoms with Crippen molar-refractivity contribution in [2.45, 2.75) is 0 Å². The molecule has 0 saturated heterocycles. The van der Waals surface area contributed by atoms with Crippen molar-refractivity contribution in [1.29, 1.82) is 0 Å². The molecule has 2 N–H and O–H groups in total. The Balaban J connectivity index is -0.0000000200. The predicted octanol–water partition coefficient (Wildman–Crippen LogP) is -1.12. The van der Waals surface area contributed by atoms with Gasteiger partial charge in [0.1, 0.15) is 0 Å². The summed E-state index contributed by atoms with van der Waals surface area (Å²) in [7, 11) is 0. The third-order valence-electron chi connectivity index (χ3n) is 0. The average Bonchev–Trinajstić information content (AvgIpc) is 0.918. The summed E-state index contributed by atoms with van der Waals surface area (Å²) >= 11 is -0.375. The Morgan fingerprint density at radius 2 is 1.20 bits per heavy atom. The number of rotatable bonds is 0. The monoisotopic (exact) mass is 203 g/mol. The van der Waals surface area contributed by atoms with Gasteiger partial charge >= 0.3 is 23.6 Å². The molecule has 0 atom stereocenters. The zero-order valence-corrected chi connectivity index (χ0v) is 5.21. The molecule has 0 aliphatic heterocycles. The van der Waals surface area contributed by atoms with Crippen molar-refractivity contribution in [2.24, 2.45) is 0 Å². The molecule has 0 fully saturated rings. The van der Waals surface area contributed by atoms with Crippen LogP contribution < -0.4 is 0 Å². The van der Waals surface area contributed by atoms with Gasteiger partial charge in [-0.3, -0.25) is 0 Å². The summed E-state index contributed by atoms with van der Waals surface area (Å²) in [6, 6.07) is 0. The molecule has 0 aromatic rings. The second-order valence-corrected chi connectivity index (χ2v) is 0.261. The van der Waals surface area contributed by atoms with Crippen molar-refractivity contribution < 1.29 is 57.7 Å². The first-order valence-electron chi connectivity index (χ1n) is 0.283. The Kier molecular flexibility index (Phi) is 57.8. The summed E-state index contributed by atoms with van der Waals surface area (Å²) in [5.41, 5.74) is 0. The molecule has 0 spiro atoms. The van der Waals surface area contributed by atoms with Crippen LogP contribution in [0.1, 0.15) is 0 Å². The Morgan fingerprint density at radius 3 is 1.20 bits per heavy atom. The second kappa shape index (κ2) is 18.0. The quantitative estimate of drug-likeness (QED) is 0.490. The summed E-state index contributed by atoms with van der Waals surface area (Å²) in [5.74, 6) is 0. The van der Waals surface area contributed by atoms with Crippen LogP contribution in [-0.4, -0.2) is 8.50 Å². The molecule has 0 unspecified atom stereocenters. The first-order valence-corrected chi connectivity index (χ1v) is 1.17. The van der Waals surface area contributed by atoms with E-state index in [0.717, 1.165) is 0 Å². The fraction of sp³-hybridized carbons (Fsp3) is 0. The summed E-state index contributed by atoms with van der Waals surface area (Å²) in [6.07, 6.45) is 0. The third kappa shape index (κ3) is 30.8. The van der Waals surface area contributed by atoms with Crippen molar-refractivity contribution in [3.8, 4) is 0 Å². The molecule has 39 valence electrons. The van der Waals surface area contributed by atoms with Gasteiger partial charge in [0, 0.05) is 34.1 Å². The van der Waals surface area contributed by atoms with Crippen LogP contribution in [0, 0.1) is 0 Å². The van der Waals surface area contributed by atoms with E-state index < -0.39 is 0 Å². The molecular formula is H2FeMnNiO2. The first-order chi connectivity index (χ1) is 1.41. The van der Waals surface area contributed by atoms with E-state index in [1.807, 2.05) is 0 Å². The maximum atomic E-state index is 7.06. The van der Waals surface area contributed by atoms with Gasteiger partial charge in [0.05, 0.1) is 0 Å². The van der Waals surface area contributed by atoms with E-state index in [1.54, 1.807) is 0 Å². The normalized spacial score (nSPS) is 4.40. The zero-order valence-electron chi connectivity index (χ0n) is 1.94. The van der Waals surface area contributed by atoms with E-state index >= 15 is 0 Å². The Morgan fingerprint density at radius 1 is 1.20 bits per heavy atom. The SMILES string of the molecule is [Fe].[Mn].[OH][Ni][OH]. The minimum absolute atomic E-state index is 0. The molecule has 5 heteroatoms. The molecule has 0 amide bonds. The Hall–Kier alpha value is 1.45. The molecule has 5 heavy (non-hydrogen) atoms. The molecule has 0 aliphatic rings. The number of hydrogen-bond acceptors (Lipinski definition) is 2. The van der Waals surface area contributed by atoms with E-state index in [4.69, 9.17) is 8.50 Å². The summed E-state index contributed by atoms with van der Waals surface area (Å²) in [6.45, 7) is 0. The van der Waals surface area contributed by atoms with Gasteiger partial charge in [-0.05, 0) is 0 Å². The summed E-state index contributed by atoms with van der Waals surface area (Å²) in [5, 5.41) is 0. The van der Waals surface area contributed by atoms with Crippen molar-refractivity contribution in [1.82, 2.24) is 0 Å². The van der Waals surface area contributed by atoms with Crippen molar-refractivity contribution in [3.05, 3.63) is 0 Å². The Labute approximate surface area is 57.7 Å². The molecule has 0 heterocycles. The van der Waals surface area contributed by atoms with Gasteiger partial charge < -0.3 is 0 Å². The van der Waals surface area contributed by atoms with Gasteiger partial charge in [-0.1, -0.05) is 0 Å². The van der Waals surface area contributed by atoms with Crippen LogP contribution in [0.2, 0.25) is 0 Å². The zero-order chi connectivity index (χ0) is 2.71. The fourth-order valence-electron chi connectivity index (χ4n) is 0. The molecule has 0 aliphatic carbocycles. The van der Waals surface area contributed by atoms with E-state index in [-0.39, 0.29) is 49.2 Å². The molecular weight excluding hydrogens is 201 g/mol. The van der Waals surface area contributed by atoms with Gasteiger partial charge in [0.15, 0.2) is 0 Å². The third-order valence-corrected chi connectivity index (χ3v) is 0. The average molecular weight is 203 g/mol. The molecule has 0 saturated carbocycles. The van der Waals surface area contributed by atoms with Gasteiger partial charge in [-0.15, -0.1) is 0 Å². The molecule has 1 radical (unpaired) electrons. The van der Waals surface area contributed by atoms with Crippen LogP contribution >= 0.6 is 0 Å². The van der Waals surface area contributed by atoms with Gasteiger partial charge in [-0.25, -0.2) is 0 Å². The van der Waals surface area contributed by atoms with Gasteiger partial charge in [0.25, 0.3) is 0 Å². The van der Waals surface area contributed by atoms with Crippen molar-refractivity contribution in [2.75, 3.05) is 0 Å².